The third-order valence-corrected chi connectivity index (χ3v) is 3.98. The molecule has 3 rings (SSSR count). The summed E-state index contributed by atoms with van der Waals surface area (Å²) in [5.41, 5.74) is 2.25. The van der Waals surface area contributed by atoms with Gasteiger partial charge in [-0.2, -0.15) is 0 Å². The van der Waals surface area contributed by atoms with Crippen LogP contribution in [-0.4, -0.2) is 30.1 Å². The van der Waals surface area contributed by atoms with Crippen LogP contribution in [0.15, 0.2) is 48.5 Å². The van der Waals surface area contributed by atoms with Crippen molar-refractivity contribution in [3.63, 3.8) is 0 Å². The molecule has 108 valence electrons. The predicted octanol–water partition coefficient (Wildman–Crippen LogP) is 2.56. The summed E-state index contributed by atoms with van der Waals surface area (Å²) >= 11 is 0. The van der Waals surface area contributed by atoms with E-state index in [1.807, 2.05) is 36.4 Å². The molecule has 4 heteroatoms. The molecule has 0 spiro atoms. The lowest BCUT2D eigenvalue weighted by molar-refractivity contribution is 0.0514. The fourth-order valence-electron chi connectivity index (χ4n) is 2.86. The zero-order valence-corrected chi connectivity index (χ0v) is 12.0. The summed E-state index contributed by atoms with van der Waals surface area (Å²) in [6.07, 6.45) is -0.794. The molecular weight excluding hydrogens is 266 g/mol. The molecule has 2 atom stereocenters. The van der Waals surface area contributed by atoms with Gasteiger partial charge in [0.25, 0.3) is 5.91 Å². The van der Waals surface area contributed by atoms with Crippen molar-refractivity contribution in [2.24, 2.45) is 0 Å². The molecule has 0 radical (unpaired) electrons. The van der Waals surface area contributed by atoms with Crippen molar-refractivity contribution >= 4 is 5.91 Å². The molecule has 2 aromatic rings. The van der Waals surface area contributed by atoms with Crippen LogP contribution in [0.2, 0.25) is 0 Å². The molecule has 0 unspecified atom stereocenters. The van der Waals surface area contributed by atoms with Gasteiger partial charge in [0.15, 0.2) is 0 Å². The fraction of sp³-hybridized carbons (Fsp3) is 0.235. The topological polar surface area (TPSA) is 49.8 Å². The number of methoxy groups -OCH3 is 1. The van der Waals surface area contributed by atoms with Crippen molar-refractivity contribution in [1.82, 2.24) is 4.90 Å². The van der Waals surface area contributed by atoms with Crippen LogP contribution in [0.4, 0.5) is 0 Å². The number of carbonyl (C=O) groups excluding carboxylic acids is 1. The van der Waals surface area contributed by atoms with Gasteiger partial charge in [-0.15, -0.1) is 0 Å². The second-order valence-corrected chi connectivity index (χ2v) is 5.17. The van der Waals surface area contributed by atoms with E-state index in [-0.39, 0.29) is 11.9 Å². The number of hydrogen-bond donors (Lipinski definition) is 1. The molecule has 2 aromatic carbocycles. The number of likely N-dealkylation sites (N-methyl/N-ethyl adjacent to an activating group) is 1. The highest BCUT2D eigenvalue weighted by atomic mass is 16.5. The molecule has 1 N–H and O–H groups in total. The molecule has 0 bridgehead atoms. The quantitative estimate of drug-likeness (QED) is 0.941. The van der Waals surface area contributed by atoms with Gasteiger partial charge in [0, 0.05) is 12.6 Å². The molecule has 0 aromatic heterocycles. The largest absolute Gasteiger partial charge is 0.497 e. The summed E-state index contributed by atoms with van der Waals surface area (Å²) < 4.78 is 5.19. The fourth-order valence-corrected chi connectivity index (χ4v) is 2.86. The Morgan fingerprint density at radius 1 is 1.19 bits per heavy atom. The van der Waals surface area contributed by atoms with E-state index in [0.717, 1.165) is 11.1 Å². The minimum atomic E-state index is -0.794. The molecule has 1 aliphatic heterocycles. The van der Waals surface area contributed by atoms with Crippen molar-refractivity contribution in [3.8, 4) is 5.75 Å². The summed E-state index contributed by atoms with van der Waals surface area (Å²) in [5.74, 6) is 0.629. The first-order valence-corrected chi connectivity index (χ1v) is 6.81. The summed E-state index contributed by atoms with van der Waals surface area (Å²) in [7, 11) is 3.31. The Kier molecular flexibility index (Phi) is 3.39. The molecule has 1 heterocycles. The maximum absolute atomic E-state index is 12.3. The number of amides is 1. The predicted molar refractivity (Wildman–Crippen MR) is 79.2 cm³/mol. The molecule has 1 aliphatic rings. The minimum Gasteiger partial charge on any atom is -0.497 e. The highest BCUT2D eigenvalue weighted by Crippen LogP contribution is 2.41. The summed E-state index contributed by atoms with van der Waals surface area (Å²) in [6, 6.07) is 14.3. The maximum atomic E-state index is 12.3. The van der Waals surface area contributed by atoms with E-state index in [1.54, 1.807) is 31.2 Å². The number of nitrogens with zero attached hydrogens (tertiary/aromatic N) is 1. The number of rotatable bonds is 3. The van der Waals surface area contributed by atoms with Gasteiger partial charge in [-0.3, -0.25) is 4.79 Å². The summed E-state index contributed by atoms with van der Waals surface area (Å²) in [4.78, 5) is 13.8. The van der Waals surface area contributed by atoms with E-state index in [4.69, 9.17) is 4.74 Å². The van der Waals surface area contributed by atoms with Gasteiger partial charge in [0.05, 0.1) is 13.2 Å². The van der Waals surface area contributed by atoms with E-state index in [0.29, 0.717) is 11.3 Å². The Morgan fingerprint density at radius 3 is 2.71 bits per heavy atom. The lowest BCUT2D eigenvalue weighted by Gasteiger charge is -2.26. The standard InChI is InChI=1S/C17H17NO3/c1-18-15(13-8-3-4-9-14(13)17(18)20)16(19)11-6-5-7-12(10-11)21-2/h3-10,15-16,19H,1-2H3/t15-,16+/m1/s1. The number of fused-ring (bicyclic) bond motifs is 1. The second kappa shape index (κ2) is 5.22. The van der Waals surface area contributed by atoms with Gasteiger partial charge in [-0.1, -0.05) is 30.3 Å². The number of aliphatic hydroxyl groups is 1. The maximum Gasteiger partial charge on any atom is 0.254 e. The summed E-state index contributed by atoms with van der Waals surface area (Å²) in [5, 5.41) is 10.7. The molecule has 0 saturated carbocycles. The SMILES string of the molecule is COc1cccc([C@H](O)[C@H]2c3ccccc3C(=O)N2C)c1. The van der Waals surface area contributed by atoms with Crippen molar-refractivity contribution < 1.29 is 14.6 Å². The number of ether oxygens (including phenoxy) is 1. The molecular formula is C17H17NO3. The Hall–Kier alpha value is -2.33. The molecule has 0 saturated heterocycles. The average Bonchev–Trinajstić information content (AvgIpc) is 2.79. The van der Waals surface area contributed by atoms with Crippen LogP contribution >= 0.6 is 0 Å². The average molecular weight is 283 g/mol. The molecule has 21 heavy (non-hydrogen) atoms. The van der Waals surface area contributed by atoms with Crippen molar-refractivity contribution in [1.29, 1.82) is 0 Å². The first-order valence-electron chi connectivity index (χ1n) is 6.81. The Bertz CT molecular complexity index is 683. The Labute approximate surface area is 123 Å². The van der Waals surface area contributed by atoms with Crippen LogP contribution in [0.3, 0.4) is 0 Å². The monoisotopic (exact) mass is 283 g/mol. The van der Waals surface area contributed by atoms with Gasteiger partial charge in [-0.05, 0) is 29.3 Å². The van der Waals surface area contributed by atoms with Crippen LogP contribution in [0.25, 0.3) is 0 Å². The first-order chi connectivity index (χ1) is 10.1. The Morgan fingerprint density at radius 2 is 1.95 bits per heavy atom. The third kappa shape index (κ3) is 2.17. The lowest BCUT2D eigenvalue weighted by Crippen LogP contribution is -2.27. The van der Waals surface area contributed by atoms with Crippen LogP contribution in [0.1, 0.15) is 33.6 Å². The van der Waals surface area contributed by atoms with Crippen molar-refractivity contribution in [2.75, 3.05) is 14.2 Å². The van der Waals surface area contributed by atoms with E-state index >= 15 is 0 Å². The van der Waals surface area contributed by atoms with Crippen LogP contribution in [0, 0.1) is 0 Å². The van der Waals surface area contributed by atoms with Gasteiger partial charge in [-0.25, -0.2) is 0 Å². The molecule has 1 amide bonds. The first kappa shape index (κ1) is 13.6. The number of carbonyl (C=O) groups is 1. The summed E-state index contributed by atoms with van der Waals surface area (Å²) in [6.45, 7) is 0. The Balaban J connectivity index is 2.01. The highest BCUT2D eigenvalue weighted by molar-refractivity contribution is 5.99. The molecule has 4 nitrogen and oxygen atoms in total. The van der Waals surface area contributed by atoms with Gasteiger partial charge < -0.3 is 14.7 Å². The normalized spacial score (nSPS) is 18.5. The molecule has 0 fully saturated rings. The molecule has 0 aliphatic carbocycles. The van der Waals surface area contributed by atoms with Gasteiger partial charge in [0.1, 0.15) is 11.9 Å². The van der Waals surface area contributed by atoms with E-state index in [9.17, 15) is 9.90 Å². The van der Waals surface area contributed by atoms with Crippen LogP contribution in [-0.2, 0) is 0 Å². The smallest absolute Gasteiger partial charge is 0.254 e. The lowest BCUT2D eigenvalue weighted by atomic mass is 9.95. The zero-order valence-electron chi connectivity index (χ0n) is 12.0. The third-order valence-electron chi connectivity index (χ3n) is 3.98. The van der Waals surface area contributed by atoms with Crippen LogP contribution in [0.5, 0.6) is 5.75 Å². The second-order valence-electron chi connectivity index (χ2n) is 5.17. The van der Waals surface area contributed by atoms with Crippen molar-refractivity contribution in [3.05, 3.63) is 65.2 Å². The number of hydrogen-bond acceptors (Lipinski definition) is 3. The van der Waals surface area contributed by atoms with E-state index in [1.165, 1.54) is 0 Å². The minimum absolute atomic E-state index is 0.0578. The van der Waals surface area contributed by atoms with E-state index in [2.05, 4.69) is 0 Å². The van der Waals surface area contributed by atoms with Gasteiger partial charge >= 0.3 is 0 Å². The van der Waals surface area contributed by atoms with Crippen molar-refractivity contribution in [2.45, 2.75) is 12.1 Å². The zero-order chi connectivity index (χ0) is 15.0. The number of benzene rings is 2. The van der Waals surface area contributed by atoms with Crippen LogP contribution < -0.4 is 4.74 Å². The van der Waals surface area contributed by atoms with Gasteiger partial charge in [0.2, 0.25) is 0 Å². The number of aliphatic hydroxyl groups excluding tert-OH is 1. The highest BCUT2D eigenvalue weighted by Gasteiger charge is 2.38. The van der Waals surface area contributed by atoms with E-state index < -0.39 is 6.10 Å².